The van der Waals surface area contributed by atoms with Crippen LogP contribution in [0.15, 0.2) is 54.6 Å². The van der Waals surface area contributed by atoms with Gasteiger partial charge in [-0.3, -0.25) is 14.6 Å². The van der Waals surface area contributed by atoms with E-state index in [-0.39, 0.29) is 10.8 Å². The lowest BCUT2D eigenvalue weighted by atomic mass is 9.62. The Hall–Kier alpha value is -2.17. The van der Waals surface area contributed by atoms with Crippen LogP contribution in [0.1, 0.15) is 31.1 Å². The second kappa shape index (κ2) is 5.91. The summed E-state index contributed by atoms with van der Waals surface area (Å²) in [6.45, 7) is 8.86. The number of quaternary nitrogens is 2. The number of ether oxygens (including phenoxy) is 1. The second-order valence-electron chi connectivity index (χ2n) is 9.25. The molecule has 27 heavy (non-hydrogen) atoms. The molecule has 4 fully saturated rings. The van der Waals surface area contributed by atoms with E-state index in [2.05, 4.69) is 50.2 Å². The summed E-state index contributed by atoms with van der Waals surface area (Å²) >= 11 is 0. The van der Waals surface area contributed by atoms with E-state index >= 15 is 0 Å². The number of carbonyl (C=O) groups excluding carboxylic acids is 1. The number of benzene rings is 2. The molecular formula is C23H28N2O2+2. The van der Waals surface area contributed by atoms with Gasteiger partial charge < -0.3 is 4.74 Å². The average Bonchev–Trinajstić information content (AvgIpc) is 2.65. The molecule has 0 saturated carbocycles. The van der Waals surface area contributed by atoms with Crippen LogP contribution in [0.4, 0.5) is 0 Å². The minimum atomic E-state index is -0.134. The normalized spacial score (nSPS) is 36.8. The molecule has 0 aromatic heterocycles. The highest BCUT2D eigenvalue weighted by atomic mass is 16.5. The number of carbonyl (C=O) groups is 1. The van der Waals surface area contributed by atoms with E-state index in [9.17, 15) is 4.79 Å². The molecule has 4 nitrogen and oxygen atoms in total. The van der Waals surface area contributed by atoms with Crippen molar-refractivity contribution in [1.29, 1.82) is 0 Å². The molecule has 2 aromatic rings. The third-order valence-corrected chi connectivity index (χ3v) is 6.84. The first-order chi connectivity index (χ1) is 13.0. The van der Waals surface area contributed by atoms with Crippen molar-refractivity contribution < 1.29 is 19.3 Å². The Morgan fingerprint density at radius 2 is 1.44 bits per heavy atom. The Balaban J connectivity index is 1.32. The van der Waals surface area contributed by atoms with Crippen molar-refractivity contribution in [3.8, 4) is 5.75 Å². The number of rotatable bonds is 4. The zero-order valence-corrected chi connectivity index (χ0v) is 16.1. The topological polar surface area (TPSA) is 35.2 Å². The van der Waals surface area contributed by atoms with E-state index in [1.807, 2.05) is 18.2 Å². The Bertz CT molecular complexity index is 822. The van der Waals surface area contributed by atoms with Crippen molar-refractivity contribution in [2.24, 2.45) is 10.8 Å². The summed E-state index contributed by atoms with van der Waals surface area (Å²) in [5.41, 5.74) is 2.28. The predicted octanol–water partition coefficient (Wildman–Crippen LogP) is 0.657. The van der Waals surface area contributed by atoms with Crippen LogP contribution in [0.3, 0.4) is 0 Å². The van der Waals surface area contributed by atoms with Crippen LogP contribution >= 0.6 is 0 Å². The van der Waals surface area contributed by atoms with Gasteiger partial charge in [0, 0.05) is 0 Å². The highest BCUT2D eigenvalue weighted by Crippen LogP contribution is 2.36. The third-order valence-electron chi connectivity index (χ3n) is 6.84. The van der Waals surface area contributed by atoms with Gasteiger partial charge in [0.15, 0.2) is 5.78 Å². The van der Waals surface area contributed by atoms with Gasteiger partial charge in [-0.15, -0.1) is 0 Å². The lowest BCUT2D eigenvalue weighted by molar-refractivity contribution is -1.18. The summed E-state index contributed by atoms with van der Waals surface area (Å²) in [7, 11) is 0. The number of Topliss-reactive ketones (excluding diaryl/α,β-unsaturated/α-hetero) is 1. The molecule has 4 heterocycles. The molecule has 0 unspecified atom stereocenters. The fourth-order valence-corrected chi connectivity index (χ4v) is 5.97. The van der Waals surface area contributed by atoms with Gasteiger partial charge in [0.05, 0.1) is 31.7 Å². The first kappa shape index (κ1) is 17.0. The minimum Gasteiger partial charge on any atom is -0.489 e. The Kier molecular flexibility index (Phi) is 3.72. The fourth-order valence-electron chi connectivity index (χ4n) is 5.97. The molecule has 140 valence electrons. The average molecular weight is 364 g/mol. The second-order valence-corrected chi connectivity index (χ2v) is 9.25. The SMILES string of the molecule is CC12C[NH+]3CC(C)(C[NH+](C1)C3c1ccc(OCc3ccccc3)cc1)C2=O. The van der Waals surface area contributed by atoms with Crippen molar-refractivity contribution in [2.75, 3.05) is 26.2 Å². The van der Waals surface area contributed by atoms with Gasteiger partial charge in [-0.25, -0.2) is 0 Å². The molecule has 4 saturated heterocycles. The maximum atomic E-state index is 12.9. The van der Waals surface area contributed by atoms with Gasteiger partial charge in [-0.2, -0.15) is 0 Å². The first-order valence-electron chi connectivity index (χ1n) is 9.98. The largest absolute Gasteiger partial charge is 0.489 e. The zero-order valence-electron chi connectivity index (χ0n) is 16.1. The number of nitrogens with one attached hydrogen (secondary N) is 2. The van der Waals surface area contributed by atoms with Gasteiger partial charge in [-0.1, -0.05) is 30.3 Å². The lowest BCUT2D eigenvalue weighted by Crippen LogP contribution is -3.41. The number of hydrogen-bond donors (Lipinski definition) is 2. The standard InChI is InChI=1S/C23H26N2O2/c1-22-13-24-15-23(2,21(22)26)16-25(14-22)20(24)18-8-10-19(11-9-18)27-12-17-6-4-3-5-7-17/h3-11,20H,12-16H2,1-2H3/p+2. The number of ketones is 1. The van der Waals surface area contributed by atoms with E-state index in [1.54, 1.807) is 9.80 Å². The molecule has 0 aliphatic carbocycles. The van der Waals surface area contributed by atoms with Gasteiger partial charge in [0.25, 0.3) is 0 Å². The van der Waals surface area contributed by atoms with Crippen LogP contribution < -0.4 is 14.5 Å². The van der Waals surface area contributed by atoms with Crippen molar-refractivity contribution in [2.45, 2.75) is 26.6 Å². The molecule has 4 heteroatoms. The minimum absolute atomic E-state index is 0.134. The van der Waals surface area contributed by atoms with Crippen molar-refractivity contribution in [1.82, 2.24) is 0 Å². The highest BCUT2D eigenvalue weighted by molar-refractivity contribution is 5.91. The molecule has 4 aliphatic heterocycles. The Morgan fingerprint density at radius 3 is 2.00 bits per heavy atom. The third kappa shape index (κ3) is 2.70. The van der Waals surface area contributed by atoms with Crippen molar-refractivity contribution in [3.63, 3.8) is 0 Å². The molecule has 6 rings (SSSR count). The fraction of sp³-hybridized carbons (Fsp3) is 0.435. The zero-order chi connectivity index (χ0) is 18.6. The highest BCUT2D eigenvalue weighted by Gasteiger charge is 2.68. The Morgan fingerprint density at radius 1 is 0.889 bits per heavy atom. The molecule has 2 aromatic carbocycles. The van der Waals surface area contributed by atoms with Crippen LogP contribution in [-0.2, 0) is 11.4 Å². The van der Waals surface area contributed by atoms with Gasteiger partial charge in [-0.05, 0) is 43.7 Å². The monoisotopic (exact) mass is 364 g/mol. The molecule has 0 spiro atoms. The summed E-state index contributed by atoms with van der Waals surface area (Å²) in [5, 5.41) is 0. The van der Waals surface area contributed by atoms with E-state index in [1.165, 1.54) is 11.1 Å². The maximum absolute atomic E-state index is 12.9. The number of hydrogen-bond acceptors (Lipinski definition) is 2. The maximum Gasteiger partial charge on any atom is 0.240 e. The Labute approximate surface area is 160 Å². The number of piperidine rings is 2. The summed E-state index contributed by atoms with van der Waals surface area (Å²) in [5.74, 6) is 1.42. The van der Waals surface area contributed by atoms with Gasteiger partial charge >= 0.3 is 0 Å². The molecule has 4 aliphatic rings. The van der Waals surface area contributed by atoms with Crippen molar-refractivity contribution >= 4 is 5.78 Å². The summed E-state index contributed by atoms with van der Waals surface area (Å²) in [6.07, 6.45) is 0.447. The van der Waals surface area contributed by atoms with E-state index in [0.717, 1.165) is 31.9 Å². The molecule has 4 bridgehead atoms. The molecular weight excluding hydrogens is 336 g/mol. The summed E-state index contributed by atoms with van der Waals surface area (Å²) < 4.78 is 5.94. The van der Waals surface area contributed by atoms with Crippen molar-refractivity contribution in [3.05, 3.63) is 65.7 Å². The van der Waals surface area contributed by atoms with Gasteiger partial charge in [0.2, 0.25) is 6.17 Å². The lowest BCUT2D eigenvalue weighted by Gasteiger charge is -2.58. The van der Waals surface area contributed by atoms with Crippen LogP contribution in [0.5, 0.6) is 5.75 Å². The van der Waals surface area contributed by atoms with Crippen LogP contribution in [0.2, 0.25) is 0 Å². The molecule has 0 radical (unpaired) electrons. The van der Waals surface area contributed by atoms with Gasteiger partial charge in [0.1, 0.15) is 23.2 Å². The van der Waals surface area contributed by atoms with E-state index < -0.39 is 0 Å². The predicted molar refractivity (Wildman–Crippen MR) is 103 cm³/mol. The van der Waals surface area contributed by atoms with Crippen LogP contribution in [-0.4, -0.2) is 32.0 Å². The van der Waals surface area contributed by atoms with Crippen LogP contribution in [0.25, 0.3) is 0 Å². The van der Waals surface area contributed by atoms with E-state index in [0.29, 0.717) is 18.6 Å². The summed E-state index contributed by atoms with van der Waals surface area (Å²) in [4.78, 5) is 16.0. The smallest absolute Gasteiger partial charge is 0.240 e. The van der Waals surface area contributed by atoms with E-state index in [4.69, 9.17) is 4.74 Å². The quantitative estimate of drug-likeness (QED) is 0.836. The van der Waals surface area contributed by atoms with Crippen LogP contribution in [0, 0.1) is 10.8 Å². The molecule has 0 amide bonds. The molecule has 2 N–H and O–H groups in total. The first-order valence-corrected chi connectivity index (χ1v) is 9.98. The summed E-state index contributed by atoms with van der Waals surface area (Å²) in [6, 6.07) is 18.9. The molecule has 0 atom stereocenters.